The van der Waals surface area contributed by atoms with Gasteiger partial charge in [-0.05, 0) is 30.3 Å². The van der Waals surface area contributed by atoms with Crippen molar-refractivity contribution in [1.82, 2.24) is 9.97 Å². The number of benzene rings is 2. The lowest BCUT2D eigenvalue weighted by Gasteiger charge is -2.08. The first-order valence-corrected chi connectivity index (χ1v) is 7.14. The lowest BCUT2D eigenvalue weighted by Crippen LogP contribution is -2.19. The number of halogens is 3. The Labute approximate surface area is 140 Å². The Morgan fingerprint density at radius 1 is 1.12 bits per heavy atom. The number of imidazole rings is 1. The topological polar surface area (TPSA) is 79.0 Å². The van der Waals surface area contributed by atoms with E-state index in [1.165, 1.54) is 25.3 Å². The molecule has 3 N–H and O–H groups in total. The maximum atomic E-state index is 12.7. The number of ether oxygens (including phenoxy) is 1. The highest BCUT2D eigenvalue weighted by molar-refractivity contribution is 6.00. The number of alkyl halides is 3. The van der Waals surface area contributed by atoms with Crippen LogP contribution in [0.25, 0.3) is 11.0 Å². The summed E-state index contributed by atoms with van der Waals surface area (Å²) in [7, 11) is 1.51. The van der Waals surface area contributed by atoms with Gasteiger partial charge in [-0.25, -0.2) is 9.78 Å². The summed E-state index contributed by atoms with van der Waals surface area (Å²) in [4.78, 5) is 17.7. The van der Waals surface area contributed by atoms with Gasteiger partial charge in [0.05, 0.1) is 18.1 Å². The van der Waals surface area contributed by atoms with Crippen LogP contribution >= 0.6 is 0 Å². The van der Waals surface area contributed by atoms with E-state index >= 15 is 0 Å². The second kappa shape index (κ2) is 6.34. The van der Waals surface area contributed by atoms with E-state index in [-0.39, 0.29) is 11.0 Å². The molecule has 0 aliphatic heterocycles. The number of methoxy groups -OCH3 is 1. The van der Waals surface area contributed by atoms with Gasteiger partial charge < -0.3 is 20.4 Å². The molecule has 1 heterocycles. The van der Waals surface area contributed by atoms with Crippen LogP contribution in [0, 0.1) is 0 Å². The van der Waals surface area contributed by atoms with Gasteiger partial charge in [-0.1, -0.05) is 6.07 Å². The molecule has 0 spiro atoms. The number of hydrogen-bond donors (Lipinski definition) is 3. The Balaban J connectivity index is 1.74. The highest BCUT2D eigenvalue weighted by atomic mass is 19.4. The molecule has 2 aromatic carbocycles. The molecule has 0 fully saturated rings. The van der Waals surface area contributed by atoms with Crippen LogP contribution in [0.4, 0.5) is 29.3 Å². The molecule has 2 amide bonds. The Morgan fingerprint density at radius 3 is 2.52 bits per heavy atom. The fraction of sp³-hybridized carbons (Fsp3) is 0.125. The lowest BCUT2D eigenvalue weighted by molar-refractivity contribution is -0.144. The number of hydrogen-bond acceptors (Lipinski definition) is 3. The number of aromatic nitrogens is 2. The zero-order chi connectivity index (χ0) is 18.0. The maximum Gasteiger partial charge on any atom is 0.449 e. The zero-order valence-electron chi connectivity index (χ0n) is 12.9. The Bertz CT molecular complexity index is 921. The molecule has 0 aliphatic carbocycles. The second-order valence-electron chi connectivity index (χ2n) is 5.13. The van der Waals surface area contributed by atoms with Gasteiger partial charge >= 0.3 is 12.2 Å². The largest absolute Gasteiger partial charge is 0.497 e. The number of carbonyl (C=O) groups excluding carboxylic acids is 1. The molecule has 0 bridgehead atoms. The quantitative estimate of drug-likeness (QED) is 0.661. The summed E-state index contributed by atoms with van der Waals surface area (Å²) < 4.78 is 43.0. The van der Waals surface area contributed by atoms with Crippen LogP contribution in [0.2, 0.25) is 0 Å². The molecule has 9 heteroatoms. The number of nitrogens with one attached hydrogen (secondary N) is 3. The van der Waals surface area contributed by atoms with Crippen LogP contribution in [-0.4, -0.2) is 23.1 Å². The molecular weight excluding hydrogens is 337 g/mol. The summed E-state index contributed by atoms with van der Waals surface area (Å²) in [5.74, 6) is -0.503. The van der Waals surface area contributed by atoms with Crippen LogP contribution in [-0.2, 0) is 6.18 Å². The second-order valence-corrected chi connectivity index (χ2v) is 5.13. The number of amides is 2. The molecule has 3 rings (SSSR count). The summed E-state index contributed by atoms with van der Waals surface area (Å²) in [6.07, 6.45) is -4.56. The summed E-state index contributed by atoms with van der Waals surface area (Å²) in [6, 6.07) is 10.4. The summed E-state index contributed by atoms with van der Waals surface area (Å²) >= 11 is 0. The van der Waals surface area contributed by atoms with Crippen molar-refractivity contribution in [3.05, 3.63) is 48.3 Å². The van der Waals surface area contributed by atoms with Crippen molar-refractivity contribution in [2.45, 2.75) is 6.18 Å². The average molecular weight is 350 g/mol. The van der Waals surface area contributed by atoms with Crippen LogP contribution in [0.1, 0.15) is 5.82 Å². The lowest BCUT2D eigenvalue weighted by atomic mass is 10.3. The van der Waals surface area contributed by atoms with Gasteiger partial charge in [0.25, 0.3) is 0 Å². The number of anilines is 2. The van der Waals surface area contributed by atoms with Crippen molar-refractivity contribution >= 4 is 28.4 Å². The summed E-state index contributed by atoms with van der Waals surface area (Å²) in [6.45, 7) is 0. The fourth-order valence-electron chi connectivity index (χ4n) is 2.22. The molecular formula is C16H13F3N4O2. The van der Waals surface area contributed by atoms with E-state index in [1.807, 2.05) is 0 Å². The van der Waals surface area contributed by atoms with Crippen molar-refractivity contribution in [3.63, 3.8) is 0 Å². The number of H-pyrrole nitrogens is 1. The number of rotatable bonds is 3. The molecule has 3 aromatic rings. The summed E-state index contributed by atoms with van der Waals surface area (Å²) in [5.41, 5.74) is 1.17. The minimum absolute atomic E-state index is 0.158. The highest BCUT2D eigenvalue weighted by Crippen LogP contribution is 2.29. The Morgan fingerprint density at radius 2 is 1.84 bits per heavy atom. The normalized spacial score (nSPS) is 11.4. The molecule has 25 heavy (non-hydrogen) atoms. The van der Waals surface area contributed by atoms with E-state index in [1.54, 1.807) is 24.3 Å². The summed E-state index contributed by atoms with van der Waals surface area (Å²) in [5, 5.41) is 5.15. The van der Waals surface area contributed by atoms with Gasteiger partial charge in [0, 0.05) is 17.4 Å². The van der Waals surface area contributed by atoms with Gasteiger partial charge in [0.15, 0.2) is 0 Å². The number of urea groups is 1. The SMILES string of the molecule is COc1cccc(NC(=O)Nc2ccc3nc(C(F)(F)F)[nH]c3c2)c1. The van der Waals surface area contributed by atoms with Crippen LogP contribution in [0.15, 0.2) is 42.5 Å². The van der Waals surface area contributed by atoms with Crippen molar-refractivity contribution in [1.29, 1.82) is 0 Å². The number of fused-ring (bicyclic) bond motifs is 1. The number of aromatic amines is 1. The van der Waals surface area contributed by atoms with Crippen LogP contribution in [0.3, 0.4) is 0 Å². The first kappa shape index (κ1) is 16.6. The zero-order valence-corrected chi connectivity index (χ0v) is 12.9. The molecule has 0 saturated heterocycles. The third-order valence-electron chi connectivity index (χ3n) is 3.34. The van der Waals surface area contributed by atoms with E-state index in [0.717, 1.165) is 0 Å². The number of nitrogens with zero attached hydrogens (tertiary/aromatic N) is 1. The molecule has 0 saturated carbocycles. The van der Waals surface area contributed by atoms with Gasteiger partial charge in [-0.15, -0.1) is 0 Å². The van der Waals surface area contributed by atoms with Crippen molar-refractivity contribution < 1.29 is 22.7 Å². The predicted octanol–water partition coefficient (Wildman–Crippen LogP) is 4.23. The molecule has 0 radical (unpaired) electrons. The number of carbonyl (C=O) groups is 1. The predicted molar refractivity (Wildman–Crippen MR) is 86.7 cm³/mol. The molecule has 6 nitrogen and oxygen atoms in total. The maximum absolute atomic E-state index is 12.7. The molecule has 130 valence electrons. The van der Waals surface area contributed by atoms with Gasteiger partial charge in [0.2, 0.25) is 5.82 Å². The molecule has 0 aliphatic rings. The van der Waals surface area contributed by atoms with E-state index in [2.05, 4.69) is 20.6 Å². The smallest absolute Gasteiger partial charge is 0.449 e. The highest BCUT2D eigenvalue weighted by Gasteiger charge is 2.34. The third-order valence-corrected chi connectivity index (χ3v) is 3.34. The third kappa shape index (κ3) is 3.82. The van der Waals surface area contributed by atoms with Crippen molar-refractivity contribution in [3.8, 4) is 5.75 Å². The Kier molecular flexibility index (Phi) is 4.22. The van der Waals surface area contributed by atoms with Crippen LogP contribution in [0.5, 0.6) is 5.75 Å². The fourth-order valence-corrected chi connectivity index (χ4v) is 2.22. The first-order valence-electron chi connectivity index (χ1n) is 7.14. The minimum Gasteiger partial charge on any atom is -0.497 e. The van der Waals surface area contributed by atoms with E-state index in [0.29, 0.717) is 17.1 Å². The van der Waals surface area contributed by atoms with Gasteiger partial charge in [0.1, 0.15) is 5.75 Å². The van der Waals surface area contributed by atoms with Gasteiger partial charge in [-0.3, -0.25) is 0 Å². The van der Waals surface area contributed by atoms with Crippen LogP contribution < -0.4 is 15.4 Å². The average Bonchev–Trinajstić information content (AvgIpc) is 2.98. The minimum atomic E-state index is -4.56. The molecule has 1 aromatic heterocycles. The van der Waals surface area contributed by atoms with Crippen molar-refractivity contribution in [2.24, 2.45) is 0 Å². The standard InChI is InChI=1S/C16H13F3N4O2/c1-25-11-4-2-3-9(7-11)20-15(24)21-10-5-6-12-13(8-10)23-14(22-12)16(17,18)19/h2-8H,1H3,(H,22,23)(H2,20,21,24). The van der Waals surface area contributed by atoms with E-state index < -0.39 is 18.0 Å². The first-order chi connectivity index (χ1) is 11.8. The van der Waals surface area contributed by atoms with E-state index in [9.17, 15) is 18.0 Å². The van der Waals surface area contributed by atoms with E-state index in [4.69, 9.17) is 4.74 Å². The Hall–Kier alpha value is -3.23. The monoisotopic (exact) mass is 350 g/mol. The van der Waals surface area contributed by atoms with Crippen molar-refractivity contribution in [2.75, 3.05) is 17.7 Å². The van der Waals surface area contributed by atoms with Gasteiger partial charge in [-0.2, -0.15) is 13.2 Å². The molecule has 0 atom stereocenters. The molecule has 0 unspecified atom stereocenters.